The van der Waals surface area contributed by atoms with Crippen LogP contribution in [0.25, 0.3) is 0 Å². The Labute approximate surface area is 115 Å². The largest absolute Gasteiger partial charge is 0.484 e. The number of ether oxygens (including phenoxy) is 1. The summed E-state index contributed by atoms with van der Waals surface area (Å²) in [6, 6.07) is 7.74. The van der Waals surface area contributed by atoms with E-state index in [0.717, 1.165) is 18.4 Å². The van der Waals surface area contributed by atoms with Crippen LogP contribution >= 0.6 is 0 Å². The zero-order valence-electron chi connectivity index (χ0n) is 12.1. The number of hydrogen-bond donors (Lipinski definition) is 1. The molecule has 106 valence electrons. The van der Waals surface area contributed by atoms with Gasteiger partial charge in [0, 0.05) is 19.6 Å². The second kappa shape index (κ2) is 7.79. The lowest BCUT2D eigenvalue weighted by molar-refractivity contribution is -0.133. The lowest BCUT2D eigenvalue weighted by atomic mass is 10.2. The summed E-state index contributed by atoms with van der Waals surface area (Å²) in [6.45, 7) is 4.75. The van der Waals surface area contributed by atoms with E-state index >= 15 is 0 Å². The standard InChI is InChI=1S/C15H24N2O2/c1-4-5-12(2)17(3)15(18)11-19-14-8-6-13(10-16)7-9-14/h6-9,12H,4-5,10-11,16H2,1-3H3. The van der Waals surface area contributed by atoms with Crippen molar-refractivity contribution in [3.63, 3.8) is 0 Å². The van der Waals surface area contributed by atoms with Gasteiger partial charge in [-0.2, -0.15) is 0 Å². The summed E-state index contributed by atoms with van der Waals surface area (Å²) in [5.74, 6) is 0.700. The summed E-state index contributed by atoms with van der Waals surface area (Å²) in [5.41, 5.74) is 6.57. The smallest absolute Gasteiger partial charge is 0.260 e. The van der Waals surface area contributed by atoms with Crippen molar-refractivity contribution >= 4 is 5.91 Å². The summed E-state index contributed by atoms with van der Waals surface area (Å²) in [5, 5.41) is 0. The molecule has 1 rings (SSSR count). The third-order valence-corrected chi connectivity index (χ3v) is 3.28. The molecule has 0 aliphatic heterocycles. The van der Waals surface area contributed by atoms with Crippen molar-refractivity contribution in [2.75, 3.05) is 13.7 Å². The molecule has 1 aromatic carbocycles. The summed E-state index contributed by atoms with van der Waals surface area (Å²) >= 11 is 0. The van der Waals surface area contributed by atoms with E-state index in [-0.39, 0.29) is 18.6 Å². The van der Waals surface area contributed by atoms with Crippen LogP contribution < -0.4 is 10.5 Å². The van der Waals surface area contributed by atoms with Gasteiger partial charge >= 0.3 is 0 Å². The minimum Gasteiger partial charge on any atom is -0.484 e. The molecule has 4 heteroatoms. The SMILES string of the molecule is CCCC(C)N(C)C(=O)COc1ccc(CN)cc1. The zero-order chi connectivity index (χ0) is 14.3. The molecule has 0 aliphatic carbocycles. The second-order valence-corrected chi connectivity index (χ2v) is 4.78. The van der Waals surface area contributed by atoms with Gasteiger partial charge in [-0.1, -0.05) is 25.5 Å². The van der Waals surface area contributed by atoms with Crippen LogP contribution in [-0.2, 0) is 11.3 Å². The second-order valence-electron chi connectivity index (χ2n) is 4.78. The molecule has 2 N–H and O–H groups in total. The van der Waals surface area contributed by atoms with Gasteiger partial charge in [0.2, 0.25) is 0 Å². The van der Waals surface area contributed by atoms with Crippen molar-refractivity contribution in [3.05, 3.63) is 29.8 Å². The Morgan fingerprint density at radius 3 is 2.53 bits per heavy atom. The molecule has 0 aliphatic rings. The Morgan fingerprint density at radius 2 is 2.00 bits per heavy atom. The third-order valence-electron chi connectivity index (χ3n) is 3.28. The Bertz CT molecular complexity index is 390. The predicted molar refractivity (Wildman–Crippen MR) is 77.0 cm³/mol. The van der Waals surface area contributed by atoms with Crippen molar-refractivity contribution in [1.82, 2.24) is 4.90 Å². The maximum Gasteiger partial charge on any atom is 0.260 e. The van der Waals surface area contributed by atoms with Crippen molar-refractivity contribution in [2.24, 2.45) is 5.73 Å². The summed E-state index contributed by atoms with van der Waals surface area (Å²) in [7, 11) is 1.82. The van der Waals surface area contributed by atoms with Crippen LogP contribution in [0.2, 0.25) is 0 Å². The minimum absolute atomic E-state index is 0.00357. The Balaban J connectivity index is 2.44. The van der Waals surface area contributed by atoms with E-state index in [1.807, 2.05) is 31.3 Å². The maximum absolute atomic E-state index is 11.9. The fourth-order valence-corrected chi connectivity index (χ4v) is 1.83. The topological polar surface area (TPSA) is 55.6 Å². The molecule has 0 saturated heterocycles. The number of hydrogen-bond acceptors (Lipinski definition) is 3. The number of nitrogens with two attached hydrogens (primary N) is 1. The first-order chi connectivity index (χ1) is 9.08. The Hall–Kier alpha value is -1.55. The van der Waals surface area contributed by atoms with Crippen LogP contribution in [0.15, 0.2) is 24.3 Å². The lowest BCUT2D eigenvalue weighted by Gasteiger charge is -2.24. The summed E-state index contributed by atoms with van der Waals surface area (Å²) < 4.78 is 5.48. The van der Waals surface area contributed by atoms with Gasteiger partial charge in [-0.05, 0) is 31.0 Å². The number of carbonyl (C=O) groups excluding carboxylic acids is 1. The molecule has 1 atom stereocenters. The van der Waals surface area contributed by atoms with Gasteiger partial charge in [-0.3, -0.25) is 4.79 Å². The molecule has 1 amide bonds. The molecule has 1 unspecified atom stereocenters. The maximum atomic E-state index is 11.9. The van der Waals surface area contributed by atoms with Crippen LogP contribution in [0.4, 0.5) is 0 Å². The first-order valence-electron chi connectivity index (χ1n) is 6.76. The normalized spacial score (nSPS) is 12.0. The molecule has 0 radical (unpaired) electrons. The van der Waals surface area contributed by atoms with E-state index in [1.54, 1.807) is 4.90 Å². The number of amides is 1. The van der Waals surface area contributed by atoms with Gasteiger partial charge in [0.05, 0.1) is 0 Å². The molecule has 0 aromatic heterocycles. The van der Waals surface area contributed by atoms with Gasteiger partial charge in [0.25, 0.3) is 5.91 Å². The molecule has 0 heterocycles. The van der Waals surface area contributed by atoms with E-state index in [0.29, 0.717) is 12.3 Å². The van der Waals surface area contributed by atoms with Crippen molar-refractivity contribution in [2.45, 2.75) is 39.3 Å². The summed E-state index contributed by atoms with van der Waals surface area (Å²) in [4.78, 5) is 13.7. The molecule has 0 saturated carbocycles. The number of nitrogens with zero attached hydrogens (tertiary/aromatic N) is 1. The zero-order valence-corrected chi connectivity index (χ0v) is 12.1. The molecule has 0 spiro atoms. The van der Waals surface area contributed by atoms with Crippen molar-refractivity contribution < 1.29 is 9.53 Å². The highest BCUT2D eigenvalue weighted by atomic mass is 16.5. The van der Waals surface area contributed by atoms with Gasteiger partial charge in [0.1, 0.15) is 5.75 Å². The Morgan fingerprint density at radius 1 is 1.37 bits per heavy atom. The highest BCUT2D eigenvalue weighted by Crippen LogP contribution is 2.12. The monoisotopic (exact) mass is 264 g/mol. The summed E-state index contributed by atoms with van der Waals surface area (Å²) in [6.07, 6.45) is 2.08. The van der Waals surface area contributed by atoms with E-state index in [4.69, 9.17) is 10.5 Å². The average molecular weight is 264 g/mol. The lowest BCUT2D eigenvalue weighted by Crippen LogP contribution is -2.38. The predicted octanol–water partition coefficient (Wildman–Crippen LogP) is 2.17. The molecule has 4 nitrogen and oxygen atoms in total. The molecule has 19 heavy (non-hydrogen) atoms. The van der Waals surface area contributed by atoms with Crippen LogP contribution in [0.1, 0.15) is 32.3 Å². The fraction of sp³-hybridized carbons (Fsp3) is 0.533. The quantitative estimate of drug-likeness (QED) is 0.821. The minimum atomic E-state index is 0.00357. The van der Waals surface area contributed by atoms with Crippen LogP contribution in [-0.4, -0.2) is 30.5 Å². The van der Waals surface area contributed by atoms with Crippen LogP contribution in [0, 0.1) is 0 Å². The molecule has 0 fully saturated rings. The Kier molecular flexibility index (Phi) is 6.36. The average Bonchev–Trinajstić information content (AvgIpc) is 2.44. The molecular weight excluding hydrogens is 240 g/mol. The van der Waals surface area contributed by atoms with Gasteiger partial charge < -0.3 is 15.4 Å². The van der Waals surface area contributed by atoms with Gasteiger partial charge in [0.15, 0.2) is 6.61 Å². The fourth-order valence-electron chi connectivity index (χ4n) is 1.83. The number of likely N-dealkylation sites (N-methyl/N-ethyl adjacent to an activating group) is 1. The molecular formula is C15H24N2O2. The van der Waals surface area contributed by atoms with Gasteiger partial charge in [-0.25, -0.2) is 0 Å². The van der Waals surface area contributed by atoms with E-state index in [1.165, 1.54) is 0 Å². The highest BCUT2D eigenvalue weighted by molar-refractivity contribution is 5.77. The first kappa shape index (κ1) is 15.5. The van der Waals surface area contributed by atoms with Crippen LogP contribution in [0.3, 0.4) is 0 Å². The van der Waals surface area contributed by atoms with E-state index in [2.05, 4.69) is 13.8 Å². The number of rotatable bonds is 7. The number of benzene rings is 1. The first-order valence-corrected chi connectivity index (χ1v) is 6.76. The molecule has 0 bridgehead atoms. The van der Waals surface area contributed by atoms with Crippen molar-refractivity contribution in [1.29, 1.82) is 0 Å². The number of carbonyl (C=O) groups is 1. The van der Waals surface area contributed by atoms with Gasteiger partial charge in [-0.15, -0.1) is 0 Å². The van der Waals surface area contributed by atoms with Crippen molar-refractivity contribution in [3.8, 4) is 5.75 Å². The highest BCUT2D eigenvalue weighted by Gasteiger charge is 2.15. The third kappa shape index (κ3) is 4.91. The van der Waals surface area contributed by atoms with Crippen LogP contribution in [0.5, 0.6) is 5.75 Å². The van der Waals surface area contributed by atoms with E-state index in [9.17, 15) is 4.79 Å². The molecule has 1 aromatic rings. The van der Waals surface area contributed by atoms with E-state index < -0.39 is 0 Å².